The van der Waals surface area contributed by atoms with Crippen LogP contribution in [0, 0.1) is 0 Å². The van der Waals surface area contributed by atoms with Crippen molar-refractivity contribution in [3.05, 3.63) is 35.4 Å². The van der Waals surface area contributed by atoms with Gasteiger partial charge in [0.2, 0.25) is 0 Å². The first-order valence-electron chi connectivity index (χ1n) is 12.8. The van der Waals surface area contributed by atoms with Crippen LogP contribution in [0.4, 0.5) is 0 Å². The summed E-state index contributed by atoms with van der Waals surface area (Å²) in [4.78, 5) is 24.7. The number of ether oxygens (including phenoxy) is 2. The van der Waals surface area contributed by atoms with E-state index in [9.17, 15) is 9.59 Å². The van der Waals surface area contributed by atoms with Crippen LogP contribution in [0.25, 0.3) is 0 Å². The number of nitrogens with one attached hydrogen (secondary N) is 1. The molecule has 1 aromatic carbocycles. The molecule has 1 saturated heterocycles. The average Bonchev–Trinajstić information content (AvgIpc) is 3.60. The summed E-state index contributed by atoms with van der Waals surface area (Å²) in [6.07, 6.45) is 13.6. The molecule has 0 aliphatic carbocycles. The molecule has 1 aliphatic rings. The van der Waals surface area contributed by atoms with E-state index in [1.54, 1.807) is 24.3 Å². The van der Waals surface area contributed by atoms with Crippen LogP contribution in [0.15, 0.2) is 24.3 Å². The Morgan fingerprint density at radius 3 is 1.44 bits per heavy atom. The molecule has 182 valence electrons. The molecule has 1 N–H and O–H groups in total. The van der Waals surface area contributed by atoms with Gasteiger partial charge in [-0.15, -0.1) is 0 Å². The van der Waals surface area contributed by atoms with Gasteiger partial charge >= 0.3 is 11.9 Å². The van der Waals surface area contributed by atoms with Crippen LogP contribution in [0.2, 0.25) is 0 Å². The van der Waals surface area contributed by atoms with Crippen LogP contribution in [0.5, 0.6) is 0 Å². The monoisotopic (exact) mass is 447 g/mol. The second kappa shape index (κ2) is 18.7. The van der Waals surface area contributed by atoms with Crippen molar-refractivity contribution < 1.29 is 19.1 Å². The highest BCUT2D eigenvalue weighted by molar-refractivity contribution is 6.03. The summed E-state index contributed by atoms with van der Waals surface area (Å²) in [5.74, 6) is -0.888. The Hall–Kier alpha value is -1.88. The highest BCUT2D eigenvalue weighted by atomic mass is 16.5. The maximum absolute atomic E-state index is 12.4. The van der Waals surface area contributed by atoms with E-state index in [0.717, 1.165) is 31.7 Å². The molecule has 0 bridgehead atoms. The van der Waals surface area contributed by atoms with E-state index in [2.05, 4.69) is 26.1 Å². The minimum atomic E-state index is -0.444. The molecular weight excluding hydrogens is 402 g/mol. The van der Waals surface area contributed by atoms with Crippen molar-refractivity contribution in [2.75, 3.05) is 19.8 Å². The predicted molar refractivity (Wildman–Crippen MR) is 131 cm³/mol. The van der Waals surface area contributed by atoms with Gasteiger partial charge in [0.05, 0.1) is 24.3 Å². The molecule has 1 fully saturated rings. The minimum Gasteiger partial charge on any atom is -0.462 e. The van der Waals surface area contributed by atoms with Crippen molar-refractivity contribution >= 4 is 11.9 Å². The SMILES string of the molecule is CCCCCCCCOC(=O)c1ccccc1C(=O)OCCCCCCCC.C[C@H]1CN1. The lowest BCUT2D eigenvalue weighted by molar-refractivity contribution is 0.0450. The highest BCUT2D eigenvalue weighted by Gasteiger charge is 2.18. The van der Waals surface area contributed by atoms with Crippen LogP contribution in [-0.2, 0) is 9.47 Å². The topological polar surface area (TPSA) is 74.5 Å². The van der Waals surface area contributed by atoms with E-state index in [1.165, 1.54) is 57.9 Å². The van der Waals surface area contributed by atoms with Crippen LogP contribution in [-0.4, -0.2) is 37.7 Å². The van der Waals surface area contributed by atoms with Gasteiger partial charge in [0.15, 0.2) is 0 Å². The summed E-state index contributed by atoms with van der Waals surface area (Å²) >= 11 is 0. The predicted octanol–water partition coefficient (Wildman–Crippen LogP) is 6.70. The van der Waals surface area contributed by atoms with E-state index in [-0.39, 0.29) is 0 Å². The largest absolute Gasteiger partial charge is 0.462 e. The van der Waals surface area contributed by atoms with E-state index in [0.29, 0.717) is 24.3 Å². The Kier molecular flexibility index (Phi) is 16.4. The maximum atomic E-state index is 12.4. The fraction of sp³-hybridized carbons (Fsp3) is 0.704. The number of hydrogen-bond acceptors (Lipinski definition) is 5. The van der Waals surface area contributed by atoms with E-state index in [4.69, 9.17) is 9.47 Å². The number of benzene rings is 1. The fourth-order valence-electron chi connectivity index (χ4n) is 3.21. The summed E-state index contributed by atoms with van der Waals surface area (Å²) in [6, 6.07) is 7.58. The molecule has 1 aromatic rings. The molecule has 5 nitrogen and oxygen atoms in total. The lowest BCUT2D eigenvalue weighted by Crippen LogP contribution is -2.15. The van der Waals surface area contributed by atoms with E-state index >= 15 is 0 Å². The summed E-state index contributed by atoms with van der Waals surface area (Å²) < 4.78 is 10.7. The first-order chi connectivity index (χ1) is 15.6. The molecule has 0 amide bonds. The van der Waals surface area contributed by atoms with Crippen molar-refractivity contribution in [3.8, 4) is 0 Å². The van der Waals surface area contributed by atoms with Crippen molar-refractivity contribution in [2.45, 2.75) is 104 Å². The number of rotatable bonds is 16. The van der Waals surface area contributed by atoms with Gasteiger partial charge in [0.1, 0.15) is 0 Å². The van der Waals surface area contributed by atoms with Gasteiger partial charge in [0, 0.05) is 12.6 Å². The molecule has 0 radical (unpaired) electrons. The van der Waals surface area contributed by atoms with Crippen molar-refractivity contribution in [1.82, 2.24) is 5.32 Å². The molecule has 5 heteroatoms. The average molecular weight is 448 g/mol. The molecule has 0 unspecified atom stereocenters. The van der Waals surface area contributed by atoms with E-state index < -0.39 is 11.9 Å². The van der Waals surface area contributed by atoms with Gasteiger partial charge in [-0.2, -0.15) is 0 Å². The lowest BCUT2D eigenvalue weighted by atomic mass is 10.1. The zero-order chi connectivity index (χ0) is 23.4. The molecule has 0 aromatic heterocycles. The molecule has 0 saturated carbocycles. The van der Waals surface area contributed by atoms with Gasteiger partial charge in [-0.3, -0.25) is 0 Å². The third kappa shape index (κ3) is 14.2. The molecule has 2 rings (SSSR count). The first kappa shape index (κ1) is 28.2. The quantitative estimate of drug-likeness (QED) is 0.173. The summed E-state index contributed by atoms with van der Waals surface area (Å²) in [7, 11) is 0. The summed E-state index contributed by atoms with van der Waals surface area (Å²) in [5, 5.41) is 3.10. The van der Waals surface area contributed by atoms with Crippen molar-refractivity contribution in [2.24, 2.45) is 0 Å². The van der Waals surface area contributed by atoms with Gasteiger partial charge in [-0.1, -0.05) is 90.2 Å². The smallest absolute Gasteiger partial charge is 0.339 e. The van der Waals surface area contributed by atoms with E-state index in [1.807, 2.05) is 0 Å². The van der Waals surface area contributed by atoms with Crippen LogP contribution in [0.3, 0.4) is 0 Å². The Morgan fingerprint density at radius 1 is 0.750 bits per heavy atom. The second-order valence-electron chi connectivity index (χ2n) is 8.66. The molecule has 0 spiro atoms. The Morgan fingerprint density at radius 2 is 1.09 bits per heavy atom. The number of carbonyl (C=O) groups is 2. The minimum absolute atomic E-state index is 0.293. The second-order valence-corrected chi connectivity index (χ2v) is 8.66. The number of unbranched alkanes of at least 4 members (excludes halogenated alkanes) is 10. The van der Waals surface area contributed by atoms with Gasteiger partial charge in [0.25, 0.3) is 0 Å². The molecule has 1 heterocycles. The molecular formula is C27H45NO4. The van der Waals surface area contributed by atoms with Crippen LogP contribution < -0.4 is 5.32 Å². The molecule has 1 aliphatic heterocycles. The number of esters is 2. The maximum Gasteiger partial charge on any atom is 0.339 e. The van der Waals surface area contributed by atoms with Crippen LogP contribution in [0.1, 0.15) is 119 Å². The lowest BCUT2D eigenvalue weighted by Gasteiger charge is -2.10. The Labute approximate surface area is 195 Å². The summed E-state index contributed by atoms with van der Waals surface area (Å²) in [5.41, 5.74) is 0.586. The highest BCUT2D eigenvalue weighted by Crippen LogP contribution is 2.14. The third-order valence-electron chi connectivity index (χ3n) is 5.44. The van der Waals surface area contributed by atoms with Gasteiger partial charge in [-0.05, 0) is 31.9 Å². The standard InChI is InChI=1S/C24H38O4.C3H7N/c1-3-5-7-9-11-15-19-27-23(25)21-17-13-14-18-22(21)24(26)28-20-16-12-10-8-6-4-2;1-3-2-4-3/h13-14,17-18H,3-12,15-16,19-20H2,1-2H3;3-4H,2H2,1H3/t;3-/m.0/s1. The number of hydrogen-bond donors (Lipinski definition) is 1. The van der Waals surface area contributed by atoms with Crippen molar-refractivity contribution in [1.29, 1.82) is 0 Å². The zero-order valence-corrected chi connectivity index (χ0v) is 20.6. The van der Waals surface area contributed by atoms with Gasteiger partial charge < -0.3 is 14.8 Å². The first-order valence-corrected chi connectivity index (χ1v) is 12.8. The molecule has 1 atom stereocenters. The van der Waals surface area contributed by atoms with Gasteiger partial charge in [-0.25, -0.2) is 9.59 Å². The zero-order valence-electron chi connectivity index (χ0n) is 20.6. The van der Waals surface area contributed by atoms with Crippen LogP contribution >= 0.6 is 0 Å². The Balaban J connectivity index is 0.00000114. The summed E-state index contributed by atoms with van der Waals surface area (Å²) in [6.45, 7) is 8.58. The fourth-order valence-corrected chi connectivity index (χ4v) is 3.21. The number of carbonyl (C=O) groups excluding carboxylic acids is 2. The molecule has 32 heavy (non-hydrogen) atoms. The Bertz CT molecular complexity index is 579. The normalized spacial score (nSPS) is 14.3. The van der Waals surface area contributed by atoms with Crippen molar-refractivity contribution in [3.63, 3.8) is 0 Å². The third-order valence-corrected chi connectivity index (χ3v) is 5.44.